The van der Waals surface area contributed by atoms with Crippen LogP contribution in [0.2, 0.25) is 0 Å². The molecule has 0 heterocycles. The van der Waals surface area contributed by atoms with Crippen molar-refractivity contribution in [2.24, 2.45) is 0 Å². The molecule has 0 N–H and O–H groups in total. The second kappa shape index (κ2) is 8.21. The lowest BCUT2D eigenvalue weighted by Gasteiger charge is -2.14. The largest absolute Gasteiger partial charge is 0.485 e. The van der Waals surface area contributed by atoms with Gasteiger partial charge in [-0.05, 0) is 42.2 Å². The summed E-state index contributed by atoms with van der Waals surface area (Å²) in [4.78, 5) is 0. The molecule has 2 nitrogen and oxygen atoms in total. The van der Waals surface area contributed by atoms with E-state index < -0.39 is 0 Å². The minimum absolute atomic E-state index is 0.517. The molecule has 0 unspecified atom stereocenters. The Morgan fingerprint density at radius 1 is 0.583 bits per heavy atom. The maximum Gasteiger partial charge on any atom is 0.161 e. The van der Waals surface area contributed by atoms with Crippen LogP contribution < -0.4 is 9.47 Å². The first-order chi connectivity index (χ1) is 11.8. The number of benzene rings is 3. The minimum Gasteiger partial charge on any atom is -0.485 e. The molecule has 0 bridgehead atoms. The Balaban J connectivity index is 1.72. The fourth-order valence-corrected chi connectivity index (χ4v) is 2.41. The van der Waals surface area contributed by atoms with Crippen LogP contribution in [0.3, 0.4) is 0 Å². The van der Waals surface area contributed by atoms with Gasteiger partial charge in [0, 0.05) is 0 Å². The summed E-state index contributed by atoms with van der Waals surface area (Å²) in [6.45, 7) is 4.98. The van der Waals surface area contributed by atoms with E-state index in [2.05, 4.69) is 31.2 Å². The van der Waals surface area contributed by atoms with Crippen molar-refractivity contribution in [3.63, 3.8) is 0 Å². The molecule has 0 saturated heterocycles. The highest BCUT2D eigenvalue weighted by molar-refractivity contribution is 5.43. The van der Waals surface area contributed by atoms with Gasteiger partial charge in [0.25, 0.3) is 0 Å². The summed E-state index contributed by atoms with van der Waals surface area (Å²) in [7, 11) is 0. The van der Waals surface area contributed by atoms with E-state index in [1.165, 1.54) is 0 Å². The fraction of sp³-hybridized carbons (Fsp3) is 0.136. The van der Waals surface area contributed by atoms with Crippen molar-refractivity contribution in [1.82, 2.24) is 0 Å². The molecular formula is C22H21O2. The van der Waals surface area contributed by atoms with Crippen LogP contribution in [-0.2, 0) is 19.6 Å². The molecule has 0 spiro atoms. The molecule has 0 aliphatic rings. The lowest BCUT2D eigenvalue weighted by atomic mass is 10.1. The molecule has 0 amide bonds. The average Bonchev–Trinajstić information content (AvgIpc) is 2.66. The highest BCUT2D eigenvalue weighted by Gasteiger charge is 2.07. The third-order valence-corrected chi connectivity index (χ3v) is 3.77. The van der Waals surface area contributed by atoms with Crippen molar-refractivity contribution in [1.29, 1.82) is 0 Å². The summed E-state index contributed by atoms with van der Waals surface area (Å²) < 4.78 is 12.0. The predicted molar refractivity (Wildman–Crippen MR) is 97.1 cm³/mol. The third kappa shape index (κ3) is 4.39. The Kier molecular flexibility index (Phi) is 5.52. The summed E-state index contributed by atoms with van der Waals surface area (Å²) in [6, 6.07) is 26.3. The summed E-state index contributed by atoms with van der Waals surface area (Å²) in [5.74, 6) is 1.52. The standard InChI is InChI=1S/C22H21O2/c1-2-18-13-14-21(23-16-19-9-5-3-6-10-19)22(15-18)24-17-20-11-7-4-8-12-20/h3-15H,1-2,16-17H2. The fourth-order valence-electron chi connectivity index (χ4n) is 2.41. The SMILES string of the molecule is [CH2]Cc1ccc(OCc2ccccc2)c(OCc2ccccc2)c1. The molecule has 24 heavy (non-hydrogen) atoms. The van der Waals surface area contributed by atoms with Gasteiger partial charge in [0.2, 0.25) is 0 Å². The number of rotatable bonds is 7. The highest BCUT2D eigenvalue weighted by Crippen LogP contribution is 2.30. The van der Waals surface area contributed by atoms with E-state index in [0.29, 0.717) is 13.2 Å². The first-order valence-corrected chi connectivity index (χ1v) is 8.11. The summed E-state index contributed by atoms with van der Waals surface area (Å²) in [5.41, 5.74) is 3.39. The van der Waals surface area contributed by atoms with Crippen LogP contribution in [0.4, 0.5) is 0 Å². The quantitative estimate of drug-likeness (QED) is 0.594. The van der Waals surface area contributed by atoms with Crippen LogP contribution >= 0.6 is 0 Å². The zero-order chi connectivity index (χ0) is 16.6. The van der Waals surface area contributed by atoms with E-state index in [4.69, 9.17) is 9.47 Å². The normalized spacial score (nSPS) is 10.4. The molecule has 0 fully saturated rings. The lowest BCUT2D eigenvalue weighted by molar-refractivity contribution is 0.255. The molecule has 121 valence electrons. The number of ether oxygens (including phenoxy) is 2. The maximum atomic E-state index is 6.00. The summed E-state index contributed by atoms with van der Waals surface area (Å²) in [5, 5.41) is 0. The monoisotopic (exact) mass is 317 g/mol. The van der Waals surface area contributed by atoms with Crippen LogP contribution in [-0.4, -0.2) is 0 Å². The summed E-state index contributed by atoms with van der Waals surface area (Å²) >= 11 is 0. The molecular weight excluding hydrogens is 296 g/mol. The van der Waals surface area contributed by atoms with Gasteiger partial charge in [-0.3, -0.25) is 0 Å². The average molecular weight is 317 g/mol. The van der Waals surface area contributed by atoms with Crippen molar-refractivity contribution >= 4 is 0 Å². The van der Waals surface area contributed by atoms with E-state index >= 15 is 0 Å². The van der Waals surface area contributed by atoms with Crippen LogP contribution in [0.25, 0.3) is 0 Å². The second-order valence-electron chi connectivity index (χ2n) is 5.58. The molecule has 3 aromatic carbocycles. The molecule has 0 aromatic heterocycles. The highest BCUT2D eigenvalue weighted by atomic mass is 16.5. The molecule has 1 radical (unpaired) electrons. The van der Waals surface area contributed by atoms with Gasteiger partial charge in [-0.15, -0.1) is 0 Å². The van der Waals surface area contributed by atoms with E-state index in [1.54, 1.807) is 0 Å². The number of hydrogen-bond donors (Lipinski definition) is 0. The van der Waals surface area contributed by atoms with Crippen LogP contribution in [0.5, 0.6) is 11.5 Å². The molecule has 0 aliphatic heterocycles. The van der Waals surface area contributed by atoms with Gasteiger partial charge in [-0.1, -0.05) is 66.7 Å². The van der Waals surface area contributed by atoms with Crippen molar-refractivity contribution in [2.75, 3.05) is 0 Å². The van der Waals surface area contributed by atoms with Gasteiger partial charge in [0.05, 0.1) is 0 Å². The molecule has 3 rings (SSSR count). The maximum absolute atomic E-state index is 6.00. The van der Waals surface area contributed by atoms with E-state index in [0.717, 1.165) is 34.6 Å². The topological polar surface area (TPSA) is 18.5 Å². The third-order valence-electron chi connectivity index (χ3n) is 3.77. The van der Waals surface area contributed by atoms with Gasteiger partial charge in [0.15, 0.2) is 11.5 Å². The molecule has 2 heteroatoms. The van der Waals surface area contributed by atoms with Gasteiger partial charge < -0.3 is 9.47 Å². The van der Waals surface area contributed by atoms with E-state index in [9.17, 15) is 0 Å². The molecule has 3 aromatic rings. The van der Waals surface area contributed by atoms with Crippen LogP contribution in [0, 0.1) is 6.92 Å². The smallest absolute Gasteiger partial charge is 0.161 e. The zero-order valence-corrected chi connectivity index (χ0v) is 13.7. The van der Waals surface area contributed by atoms with Crippen molar-refractivity contribution in [3.8, 4) is 11.5 Å². The predicted octanol–water partition coefficient (Wildman–Crippen LogP) is 5.22. The first-order valence-electron chi connectivity index (χ1n) is 8.11. The first kappa shape index (κ1) is 16.1. The van der Waals surface area contributed by atoms with Gasteiger partial charge in [-0.25, -0.2) is 0 Å². The van der Waals surface area contributed by atoms with Crippen molar-refractivity contribution < 1.29 is 9.47 Å². The Hall–Kier alpha value is -2.74. The molecule has 0 atom stereocenters. The van der Waals surface area contributed by atoms with Gasteiger partial charge in [0.1, 0.15) is 13.2 Å². The minimum atomic E-state index is 0.517. The Labute approximate surface area is 143 Å². The van der Waals surface area contributed by atoms with E-state index in [-0.39, 0.29) is 0 Å². The van der Waals surface area contributed by atoms with Crippen molar-refractivity contribution in [3.05, 3.63) is 102 Å². The number of hydrogen-bond acceptors (Lipinski definition) is 2. The zero-order valence-electron chi connectivity index (χ0n) is 13.7. The van der Waals surface area contributed by atoms with Gasteiger partial charge >= 0.3 is 0 Å². The van der Waals surface area contributed by atoms with Gasteiger partial charge in [-0.2, -0.15) is 0 Å². The Bertz CT molecular complexity index is 751. The summed E-state index contributed by atoms with van der Waals surface area (Å²) in [6.07, 6.45) is 0.723. The van der Waals surface area contributed by atoms with Crippen LogP contribution in [0.15, 0.2) is 78.9 Å². The second-order valence-corrected chi connectivity index (χ2v) is 5.58. The van der Waals surface area contributed by atoms with Crippen LogP contribution in [0.1, 0.15) is 16.7 Å². The molecule has 0 aliphatic carbocycles. The molecule has 0 saturated carbocycles. The lowest BCUT2D eigenvalue weighted by Crippen LogP contribution is -2.01. The van der Waals surface area contributed by atoms with E-state index in [1.807, 2.05) is 54.6 Å². The van der Waals surface area contributed by atoms with Crippen molar-refractivity contribution in [2.45, 2.75) is 19.6 Å². The Morgan fingerprint density at radius 2 is 1.12 bits per heavy atom. The Morgan fingerprint density at radius 3 is 1.67 bits per heavy atom.